The van der Waals surface area contributed by atoms with Gasteiger partial charge in [0.25, 0.3) is 0 Å². The van der Waals surface area contributed by atoms with Crippen LogP contribution in [0.25, 0.3) is 10.9 Å². The molecule has 0 unspecified atom stereocenters. The second-order valence-corrected chi connectivity index (χ2v) is 5.53. The SMILES string of the molecule is C[SH](C)c1nc(N)nc2ccccc12. The quantitative estimate of drug-likeness (QED) is 0.554. The number of hydrogen-bond acceptors (Lipinski definition) is 3. The van der Waals surface area contributed by atoms with Gasteiger partial charge in [0.2, 0.25) is 5.95 Å². The smallest absolute Gasteiger partial charge is 0.221 e. The summed E-state index contributed by atoms with van der Waals surface area (Å²) in [7, 11) is -0.243. The Morgan fingerprint density at radius 3 is 2.57 bits per heavy atom. The number of nitrogens with zero attached hydrogens (tertiary/aromatic N) is 2. The topological polar surface area (TPSA) is 51.8 Å². The zero-order chi connectivity index (χ0) is 10.1. The predicted molar refractivity (Wildman–Crippen MR) is 63.1 cm³/mol. The monoisotopic (exact) mass is 207 g/mol. The van der Waals surface area contributed by atoms with E-state index < -0.39 is 0 Å². The first kappa shape index (κ1) is 9.27. The van der Waals surface area contributed by atoms with Crippen LogP contribution in [0.1, 0.15) is 0 Å². The first-order chi connectivity index (χ1) is 6.68. The summed E-state index contributed by atoms with van der Waals surface area (Å²) in [6.45, 7) is 0. The number of nitrogen functional groups attached to an aromatic ring is 1. The van der Waals surface area contributed by atoms with Gasteiger partial charge in [-0.3, -0.25) is 0 Å². The van der Waals surface area contributed by atoms with Gasteiger partial charge in [0, 0.05) is 5.39 Å². The molecular weight excluding hydrogens is 194 g/mol. The van der Waals surface area contributed by atoms with Crippen LogP contribution in [0, 0.1) is 0 Å². The highest BCUT2D eigenvalue weighted by Crippen LogP contribution is 2.32. The van der Waals surface area contributed by atoms with E-state index in [2.05, 4.69) is 22.5 Å². The summed E-state index contributed by atoms with van der Waals surface area (Å²) in [5.41, 5.74) is 6.59. The van der Waals surface area contributed by atoms with Gasteiger partial charge < -0.3 is 5.73 Å². The molecule has 0 amide bonds. The zero-order valence-corrected chi connectivity index (χ0v) is 9.12. The maximum atomic E-state index is 5.65. The molecule has 3 nitrogen and oxygen atoms in total. The Kier molecular flexibility index (Phi) is 2.29. The van der Waals surface area contributed by atoms with Crippen molar-refractivity contribution in [3.05, 3.63) is 24.3 Å². The number of hydrogen-bond donors (Lipinski definition) is 2. The van der Waals surface area contributed by atoms with Crippen molar-refractivity contribution in [1.82, 2.24) is 9.97 Å². The molecule has 0 spiro atoms. The van der Waals surface area contributed by atoms with E-state index in [9.17, 15) is 0 Å². The third kappa shape index (κ3) is 1.53. The van der Waals surface area contributed by atoms with Gasteiger partial charge >= 0.3 is 0 Å². The summed E-state index contributed by atoms with van der Waals surface area (Å²) >= 11 is 0. The maximum absolute atomic E-state index is 5.65. The first-order valence-corrected chi connectivity index (χ1v) is 6.61. The number of benzene rings is 1. The van der Waals surface area contributed by atoms with Crippen molar-refractivity contribution in [3.63, 3.8) is 0 Å². The van der Waals surface area contributed by atoms with Crippen LogP contribution >= 0.6 is 10.9 Å². The predicted octanol–water partition coefficient (Wildman–Crippen LogP) is 1.83. The molecule has 4 heteroatoms. The van der Waals surface area contributed by atoms with Gasteiger partial charge in [-0.2, -0.15) is 0 Å². The van der Waals surface area contributed by atoms with E-state index in [1.54, 1.807) is 0 Å². The van der Waals surface area contributed by atoms with Crippen molar-refractivity contribution in [3.8, 4) is 0 Å². The number of aromatic nitrogens is 2. The molecule has 2 rings (SSSR count). The third-order valence-electron chi connectivity index (χ3n) is 2.02. The highest BCUT2D eigenvalue weighted by atomic mass is 32.2. The zero-order valence-electron chi connectivity index (χ0n) is 8.23. The van der Waals surface area contributed by atoms with Crippen LogP contribution in [0.2, 0.25) is 0 Å². The number of nitrogens with two attached hydrogens (primary N) is 1. The van der Waals surface area contributed by atoms with Crippen LogP contribution in [0.15, 0.2) is 29.3 Å². The van der Waals surface area contributed by atoms with Crippen LogP contribution in [-0.4, -0.2) is 22.5 Å². The highest BCUT2D eigenvalue weighted by molar-refractivity contribution is 8.16. The molecule has 0 saturated carbocycles. The van der Waals surface area contributed by atoms with Gasteiger partial charge in [-0.15, -0.1) is 0 Å². The normalized spacial score (nSPS) is 11.7. The summed E-state index contributed by atoms with van der Waals surface area (Å²) in [6, 6.07) is 7.98. The second kappa shape index (κ2) is 3.46. The molecule has 0 radical (unpaired) electrons. The van der Waals surface area contributed by atoms with Gasteiger partial charge in [-0.1, -0.05) is 18.2 Å². The van der Waals surface area contributed by atoms with Crippen LogP contribution in [0.3, 0.4) is 0 Å². The van der Waals surface area contributed by atoms with E-state index in [1.165, 1.54) is 0 Å². The van der Waals surface area contributed by atoms with Crippen molar-refractivity contribution in [2.24, 2.45) is 0 Å². The summed E-state index contributed by atoms with van der Waals surface area (Å²) in [6.07, 6.45) is 4.34. The average molecular weight is 207 g/mol. The van der Waals surface area contributed by atoms with Crippen LogP contribution in [0.5, 0.6) is 0 Å². The average Bonchev–Trinajstić information content (AvgIpc) is 2.16. The largest absolute Gasteiger partial charge is 0.368 e. The lowest BCUT2D eigenvalue weighted by atomic mass is 10.2. The molecule has 2 N–H and O–H groups in total. The number of anilines is 1. The molecule has 0 fully saturated rings. The lowest BCUT2D eigenvalue weighted by Crippen LogP contribution is -1.98. The standard InChI is InChI=1S/C10H13N3S/c1-14(2)9-7-5-3-4-6-8(7)12-10(11)13-9/h3-6,14H,1-2H3,(H2,11,12,13). The van der Waals surface area contributed by atoms with E-state index in [-0.39, 0.29) is 10.9 Å². The van der Waals surface area contributed by atoms with E-state index in [1.807, 2.05) is 24.3 Å². The fraction of sp³-hybridized carbons (Fsp3) is 0.200. The van der Waals surface area contributed by atoms with Crippen LogP contribution in [0.4, 0.5) is 5.95 Å². The Balaban J connectivity index is 2.80. The summed E-state index contributed by atoms with van der Waals surface area (Å²) < 4.78 is 0. The lowest BCUT2D eigenvalue weighted by Gasteiger charge is -2.11. The van der Waals surface area contributed by atoms with Crippen molar-refractivity contribution in [1.29, 1.82) is 0 Å². The number of rotatable bonds is 1. The van der Waals surface area contributed by atoms with Crippen LogP contribution in [-0.2, 0) is 0 Å². The van der Waals surface area contributed by atoms with Gasteiger partial charge in [-0.25, -0.2) is 20.9 Å². The molecule has 1 heterocycles. The molecule has 0 saturated heterocycles. The van der Waals surface area contributed by atoms with Crippen LogP contribution < -0.4 is 5.73 Å². The minimum Gasteiger partial charge on any atom is -0.368 e. The first-order valence-electron chi connectivity index (χ1n) is 4.38. The van der Waals surface area contributed by atoms with Gasteiger partial charge in [-0.05, 0) is 18.6 Å². The van der Waals surface area contributed by atoms with E-state index >= 15 is 0 Å². The Morgan fingerprint density at radius 1 is 1.14 bits per heavy atom. The Hall–Kier alpha value is -1.29. The molecule has 1 aromatic carbocycles. The van der Waals surface area contributed by atoms with E-state index in [0.29, 0.717) is 5.95 Å². The molecular formula is C10H13N3S. The minimum atomic E-state index is -0.243. The minimum absolute atomic E-state index is 0.243. The summed E-state index contributed by atoms with van der Waals surface area (Å²) in [5, 5.41) is 2.21. The Morgan fingerprint density at radius 2 is 1.86 bits per heavy atom. The Bertz CT molecular complexity index is 468. The highest BCUT2D eigenvalue weighted by Gasteiger charge is 2.06. The van der Waals surface area contributed by atoms with Crippen molar-refractivity contribution in [2.75, 3.05) is 18.2 Å². The van der Waals surface area contributed by atoms with E-state index in [4.69, 9.17) is 5.73 Å². The third-order valence-corrected chi connectivity index (χ3v) is 3.21. The molecule has 0 atom stereocenters. The number of para-hydroxylation sites is 1. The van der Waals surface area contributed by atoms with Gasteiger partial charge in [0.1, 0.15) is 0 Å². The van der Waals surface area contributed by atoms with Gasteiger partial charge in [0.05, 0.1) is 10.5 Å². The Labute approximate surface area is 85.7 Å². The molecule has 2 aromatic rings. The van der Waals surface area contributed by atoms with Crippen molar-refractivity contribution in [2.45, 2.75) is 5.03 Å². The van der Waals surface area contributed by atoms with E-state index in [0.717, 1.165) is 15.9 Å². The molecule has 0 aliphatic carbocycles. The number of fused-ring (bicyclic) bond motifs is 1. The number of thiol groups is 1. The molecule has 74 valence electrons. The van der Waals surface area contributed by atoms with Gasteiger partial charge in [0.15, 0.2) is 0 Å². The molecule has 1 aromatic heterocycles. The van der Waals surface area contributed by atoms with Crippen molar-refractivity contribution < 1.29 is 0 Å². The molecule has 0 bridgehead atoms. The summed E-state index contributed by atoms with van der Waals surface area (Å²) in [4.78, 5) is 8.49. The molecule has 0 aliphatic rings. The van der Waals surface area contributed by atoms with Crippen molar-refractivity contribution >= 4 is 27.7 Å². The fourth-order valence-corrected chi connectivity index (χ4v) is 2.39. The fourth-order valence-electron chi connectivity index (χ4n) is 1.42. The lowest BCUT2D eigenvalue weighted by molar-refractivity contribution is 1.12. The second-order valence-electron chi connectivity index (χ2n) is 3.32. The molecule has 0 aliphatic heterocycles. The summed E-state index contributed by atoms with van der Waals surface area (Å²) in [5.74, 6) is 0.370. The molecule has 14 heavy (non-hydrogen) atoms. The maximum Gasteiger partial charge on any atom is 0.221 e.